The van der Waals surface area contributed by atoms with Gasteiger partial charge in [-0.2, -0.15) is 0 Å². The molecule has 0 radical (unpaired) electrons. The number of sulfone groups is 1. The fourth-order valence-electron chi connectivity index (χ4n) is 4.32. The molecule has 1 aliphatic rings. The lowest BCUT2D eigenvalue weighted by Crippen LogP contribution is -2.48. The number of ether oxygens (including phenoxy) is 1. The lowest BCUT2D eigenvalue weighted by Gasteiger charge is -2.38. The molecule has 0 fully saturated rings. The van der Waals surface area contributed by atoms with Crippen LogP contribution in [0.3, 0.4) is 0 Å². The minimum Gasteiger partial charge on any atom is -0.478 e. The summed E-state index contributed by atoms with van der Waals surface area (Å²) in [5, 5.41) is 23.2. The molecule has 0 spiro atoms. The number of nitro groups is 1. The Balaban J connectivity index is 1.76. The second-order valence-corrected chi connectivity index (χ2v) is 11.4. The molecule has 2 unspecified atom stereocenters. The molecular formula is C26H30N4O9S. The van der Waals surface area contributed by atoms with Crippen molar-refractivity contribution in [2.45, 2.75) is 44.2 Å². The lowest BCUT2D eigenvalue weighted by atomic mass is 9.86. The number of hydrogen-bond donors (Lipinski definition) is 2. The first kappa shape index (κ1) is 30.4. The van der Waals surface area contributed by atoms with Gasteiger partial charge in [-0.1, -0.05) is 12.1 Å². The molecule has 40 heavy (non-hydrogen) atoms. The predicted molar refractivity (Wildman–Crippen MR) is 144 cm³/mol. The topological polar surface area (TPSA) is 186 Å². The number of nitrogens with zero attached hydrogens (tertiary/aromatic N) is 3. The van der Waals surface area contributed by atoms with E-state index in [1.165, 1.54) is 54.3 Å². The second-order valence-electron chi connectivity index (χ2n) is 9.43. The van der Waals surface area contributed by atoms with Gasteiger partial charge in [-0.05, 0) is 63.6 Å². The number of carboxylic acids is 1. The van der Waals surface area contributed by atoms with Crippen molar-refractivity contribution in [1.29, 1.82) is 0 Å². The maximum absolute atomic E-state index is 13.1. The van der Waals surface area contributed by atoms with E-state index < -0.39 is 56.7 Å². The molecule has 3 rings (SSSR count). The van der Waals surface area contributed by atoms with Crippen molar-refractivity contribution in [3.63, 3.8) is 0 Å². The maximum atomic E-state index is 13.1. The van der Waals surface area contributed by atoms with E-state index in [0.717, 1.165) is 0 Å². The molecule has 13 nitrogen and oxygen atoms in total. The van der Waals surface area contributed by atoms with Crippen molar-refractivity contribution >= 4 is 39.2 Å². The number of rotatable bonds is 12. The average Bonchev–Trinajstić information content (AvgIpc) is 2.88. The number of carboxylic acid groups (broad SMARTS) is 1. The zero-order valence-corrected chi connectivity index (χ0v) is 23.0. The molecule has 214 valence electrons. The standard InChI is InChI=1S/C26H30N4O9S/c1-16(2)39-25(33)22-17(3)28-26(34)29(23(22)19-6-4-7-20(14-19)30(35)36)13-5-12-27-15-40(37,38)21-10-8-18(9-11-21)24(31)32/h4,6-11,14,16,22-23,27H,5,12-13,15H2,1-3H3,(H,31,32). The van der Waals surface area contributed by atoms with Crippen molar-refractivity contribution < 1.29 is 37.6 Å². The van der Waals surface area contributed by atoms with Crippen LogP contribution in [0.1, 0.15) is 49.2 Å². The minimum atomic E-state index is -3.76. The number of non-ortho nitro benzene ring substituents is 1. The number of nitro benzene ring substituents is 1. The molecule has 0 saturated carbocycles. The van der Waals surface area contributed by atoms with Crippen molar-refractivity contribution in [3.8, 4) is 0 Å². The molecule has 0 saturated heterocycles. The Kier molecular flexibility index (Phi) is 9.71. The molecule has 0 aromatic heterocycles. The van der Waals surface area contributed by atoms with Gasteiger partial charge in [-0.3, -0.25) is 14.9 Å². The highest BCUT2D eigenvalue weighted by Gasteiger charge is 2.43. The van der Waals surface area contributed by atoms with Gasteiger partial charge >= 0.3 is 18.0 Å². The summed E-state index contributed by atoms with van der Waals surface area (Å²) in [7, 11) is -3.76. The number of urea groups is 1. The third-order valence-corrected chi connectivity index (χ3v) is 7.73. The van der Waals surface area contributed by atoms with E-state index in [-0.39, 0.29) is 41.4 Å². The highest BCUT2D eigenvalue weighted by molar-refractivity contribution is 7.91. The quantitative estimate of drug-likeness (QED) is 0.165. The van der Waals surface area contributed by atoms with Crippen molar-refractivity contribution in [2.24, 2.45) is 10.9 Å². The van der Waals surface area contributed by atoms with Crippen LogP contribution in [0.4, 0.5) is 10.5 Å². The zero-order valence-electron chi connectivity index (χ0n) is 22.1. The van der Waals surface area contributed by atoms with Gasteiger partial charge in [0.1, 0.15) is 11.8 Å². The Hall–Kier alpha value is -4.17. The molecule has 2 aromatic rings. The fraction of sp³-hybridized carbons (Fsp3) is 0.385. The molecule has 2 amide bonds. The van der Waals surface area contributed by atoms with E-state index in [0.29, 0.717) is 5.56 Å². The van der Waals surface area contributed by atoms with Crippen LogP contribution in [0.15, 0.2) is 58.4 Å². The van der Waals surface area contributed by atoms with E-state index in [1.807, 2.05) is 0 Å². The first-order valence-electron chi connectivity index (χ1n) is 12.4. The van der Waals surface area contributed by atoms with Crippen LogP contribution in [0.25, 0.3) is 0 Å². The number of aliphatic imine (C=N–C) groups is 1. The number of esters is 1. The van der Waals surface area contributed by atoms with Crippen molar-refractivity contribution in [3.05, 3.63) is 69.8 Å². The first-order chi connectivity index (χ1) is 18.8. The predicted octanol–water partition coefficient (Wildman–Crippen LogP) is 3.21. The largest absolute Gasteiger partial charge is 0.478 e. The lowest BCUT2D eigenvalue weighted by molar-refractivity contribution is -0.385. The van der Waals surface area contributed by atoms with Gasteiger partial charge in [0, 0.05) is 24.4 Å². The van der Waals surface area contributed by atoms with E-state index >= 15 is 0 Å². The van der Waals surface area contributed by atoms with Crippen LogP contribution in [-0.2, 0) is 19.4 Å². The highest BCUT2D eigenvalue weighted by Crippen LogP contribution is 2.36. The van der Waals surface area contributed by atoms with Gasteiger partial charge in [0.2, 0.25) is 0 Å². The molecule has 1 heterocycles. The van der Waals surface area contributed by atoms with E-state index in [2.05, 4.69) is 10.3 Å². The Labute approximate surface area is 230 Å². The van der Waals surface area contributed by atoms with E-state index in [4.69, 9.17) is 9.84 Å². The molecule has 2 aromatic carbocycles. The third-order valence-electron chi connectivity index (χ3n) is 6.15. The van der Waals surface area contributed by atoms with E-state index in [1.54, 1.807) is 19.9 Å². The van der Waals surface area contributed by atoms with Crippen LogP contribution < -0.4 is 5.32 Å². The fourth-order valence-corrected chi connectivity index (χ4v) is 5.45. The smallest absolute Gasteiger partial charge is 0.344 e. The van der Waals surface area contributed by atoms with Gasteiger partial charge in [0.15, 0.2) is 9.84 Å². The zero-order chi connectivity index (χ0) is 29.6. The summed E-state index contributed by atoms with van der Waals surface area (Å²) < 4.78 is 30.6. The van der Waals surface area contributed by atoms with Crippen molar-refractivity contribution in [1.82, 2.24) is 10.2 Å². The van der Waals surface area contributed by atoms with Crippen molar-refractivity contribution in [2.75, 3.05) is 19.0 Å². The van der Waals surface area contributed by atoms with Crippen LogP contribution in [0, 0.1) is 16.0 Å². The third kappa shape index (κ3) is 7.27. The second kappa shape index (κ2) is 12.8. The number of carbonyl (C=O) groups excluding carboxylic acids is 2. The van der Waals surface area contributed by atoms with Crippen LogP contribution in [0.2, 0.25) is 0 Å². The minimum absolute atomic E-state index is 0.0371. The summed E-state index contributed by atoms with van der Waals surface area (Å²) in [6.45, 7) is 5.12. The summed E-state index contributed by atoms with van der Waals surface area (Å²) in [5.41, 5.74) is 0.346. The normalized spacial score (nSPS) is 17.4. The monoisotopic (exact) mass is 574 g/mol. The number of amides is 2. The van der Waals surface area contributed by atoms with Gasteiger partial charge in [0.25, 0.3) is 5.69 Å². The molecular weight excluding hydrogens is 544 g/mol. The summed E-state index contributed by atoms with van der Waals surface area (Å²) >= 11 is 0. The average molecular weight is 575 g/mol. The molecule has 2 atom stereocenters. The van der Waals surface area contributed by atoms with Crippen LogP contribution in [-0.4, -0.2) is 72.1 Å². The molecule has 2 N–H and O–H groups in total. The van der Waals surface area contributed by atoms with Gasteiger partial charge in [0.05, 0.1) is 27.5 Å². The van der Waals surface area contributed by atoms with Gasteiger partial charge in [-0.25, -0.2) is 23.0 Å². The Morgan fingerprint density at radius 3 is 2.48 bits per heavy atom. The van der Waals surface area contributed by atoms with Gasteiger partial charge in [-0.15, -0.1) is 0 Å². The number of nitrogens with one attached hydrogen (secondary N) is 1. The molecule has 0 bridgehead atoms. The SMILES string of the molecule is CC1=NC(=O)N(CCCNCS(=O)(=O)c2ccc(C(=O)O)cc2)C(c2cccc([N+](=O)[O-])c2)C1C(=O)OC(C)C. The van der Waals surface area contributed by atoms with Crippen LogP contribution >= 0.6 is 0 Å². The van der Waals surface area contributed by atoms with Crippen LogP contribution in [0.5, 0.6) is 0 Å². The Morgan fingerprint density at radius 1 is 1.20 bits per heavy atom. The first-order valence-corrected chi connectivity index (χ1v) is 14.0. The summed E-state index contributed by atoms with van der Waals surface area (Å²) in [6.07, 6.45) is -0.172. The van der Waals surface area contributed by atoms with Gasteiger partial charge < -0.3 is 20.1 Å². The number of hydrogen-bond acceptors (Lipinski definition) is 9. The number of aromatic carboxylic acids is 1. The highest BCUT2D eigenvalue weighted by atomic mass is 32.2. The summed E-state index contributed by atoms with van der Waals surface area (Å²) in [4.78, 5) is 53.2. The molecule has 0 aliphatic carbocycles. The van der Waals surface area contributed by atoms with E-state index in [9.17, 15) is 32.9 Å². The Morgan fingerprint density at radius 2 is 1.88 bits per heavy atom. The molecule has 14 heteroatoms. The summed E-state index contributed by atoms with van der Waals surface area (Å²) in [5.74, 6) is -3.22. The number of carbonyl (C=O) groups is 3. The number of benzene rings is 2. The maximum Gasteiger partial charge on any atom is 0.344 e. The summed E-state index contributed by atoms with van der Waals surface area (Å²) in [6, 6.07) is 8.95. The Bertz CT molecular complexity index is 1420. The molecule has 1 aliphatic heterocycles.